The minimum absolute atomic E-state index is 0.456. The monoisotopic (exact) mass is 134 g/mol. The number of nitriles is 1. The van der Waals surface area contributed by atoms with E-state index in [9.17, 15) is 0 Å². The molecule has 2 nitrogen and oxygen atoms in total. The molecule has 1 rings (SSSR count). The highest BCUT2D eigenvalue weighted by Crippen LogP contribution is 2.07. The van der Waals surface area contributed by atoms with Crippen LogP contribution >= 0.6 is 0 Å². The van der Waals surface area contributed by atoms with Crippen molar-refractivity contribution >= 4 is 5.71 Å². The summed E-state index contributed by atoms with van der Waals surface area (Å²) in [5, 5.41) is 8.34. The predicted molar refractivity (Wildman–Crippen MR) is 40.9 cm³/mol. The Hall–Kier alpha value is -1.10. The Morgan fingerprint density at radius 1 is 1.80 bits per heavy atom. The molecule has 0 saturated heterocycles. The summed E-state index contributed by atoms with van der Waals surface area (Å²) in [7, 11) is 0. The first-order chi connectivity index (χ1) is 4.83. The summed E-state index contributed by atoms with van der Waals surface area (Å²) in [6.07, 6.45) is 3.51. The largest absolute Gasteiger partial charge is 0.288 e. The number of aliphatic imine (C=N–C) groups is 1. The number of nitrogens with zero attached hydrogens (tertiary/aromatic N) is 2. The van der Waals surface area contributed by atoms with Crippen LogP contribution in [-0.2, 0) is 0 Å². The Bertz CT molecular complexity index is 218. The highest BCUT2D eigenvalue weighted by atomic mass is 14.7. The van der Waals surface area contributed by atoms with Gasteiger partial charge in [0, 0.05) is 12.3 Å². The molecule has 52 valence electrons. The summed E-state index contributed by atoms with van der Waals surface area (Å²) in [6, 6.07) is 2.08. The SMILES string of the molecule is CC1=CC(CC#N)=NCC1. The van der Waals surface area contributed by atoms with Gasteiger partial charge in [0.15, 0.2) is 0 Å². The molecule has 0 aromatic carbocycles. The van der Waals surface area contributed by atoms with E-state index in [1.165, 1.54) is 5.57 Å². The average Bonchev–Trinajstić information content (AvgIpc) is 1.88. The van der Waals surface area contributed by atoms with E-state index in [1.807, 2.05) is 6.08 Å². The maximum Gasteiger partial charge on any atom is 0.0770 e. The van der Waals surface area contributed by atoms with E-state index in [0.29, 0.717) is 6.42 Å². The molecule has 0 aromatic heterocycles. The number of hydrogen-bond donors (Lipinski definition) is 0. The summed E-state index contributed by atoms with van der Waals surface area (Å²) in [5.74, 6) is 0. The van der Waals surface area contributed by atoms with Crippen molar-refractivity contribution in [3.8, 4) is 6.07 Å². The molecule has 0 radical (unpaired) electrons. The molecular weight excluding hydrogens is 124 g/mol. The summed E-state index contributed by atoms with van der Waals surface area (Å²) >= 11 is 0. The molecule has 0 atom stereocenters. The molecule has 0 fully saturated rings. The van der Waals surface area contributed by atoms with Crippen LogP contribution in [-0.4, -0.2) is 12.3 Å². The van der Waals surface area contributed by atoms with Crippen LogP contribution in [0.1, 0.15) is 19.8 Å². The van der Waals surface area contributed by atoms with E-state index in [2.05, 4.69) is 18.0 Å². The average molecular weight is 134 g/mol. The van der Waals surface area contributed by atoms with E-state index in [1.54, 1.807) is 0 Å². The predicted octanol–water partition coefficient (Wildman–Crippen LogP) is 1.69. The Balaban J connectivity index is 2.62. The number of allylic oxidation sites excluding steroid dienone is 1. The number of rotatable bonds is 1. The lowest BCUT2D eigenvalue weighted by molar-refractivity contribution is 0.930. The van der Waals surface area contributed by atoms with Gasteiger partial charge in [-0.2, -0.15) is 5.26 Å². The highest BCUT2D eigenvalue weighted by molar-refractivity contribution is 5.97. The van der Waals surface area contributed by atoms with E-state index in [0.717, 1.165) is 18.7 Å². The summed E-state index contributed by atoms with van der Waals surface area (Å²) in [6.45, 7) is 2.94. The van der Waals surface area contributed by atoms with Crippen molar-refractivity contribution in [1.82, 2.24) is 0 Å². The minimum Gasteiger partial charge on any atom is -0.288 e. The van der Waals surface area contributed by atoms with E-state index < -0.39 is 0 Å². The van der Waals surface area contributed by atoms with Gasteiger partial charge in [-0.25, -0.2) is 0 Å². The number of dihydropyridines is 1. The lowest BCUT2D eigenvalue weighted by Gasteiger charge is -2.05. The second-order valence-electron chi connectivity index (χ2n) is 2.45. The van der Waals surface area contributed by atoms with Gasteiger partial charge in [-0.05, 0) is 19.4 Å². The molecular formula is C8H10N2. The van der Waals surface area contributed by atoms with Crippen molar-refractivity contribution in [3.63, 3.8) is 0 Å². The van der Waals surface area contributed by atoms with Crippen LogP contribution in [0.5, 0.6) is 0 Å². The fraction of sp³-hybridized carbons (Fsp3) is 0.500. The molecule has 0 N–H and O–H groups in total. The zero-order chi connectivity index (χ0) is 7.40. The van der Waals surface area contributed by atoms with Crippen LogP contribution in [0.3, 0.4) is 0 Å². The Labute approximate surface area is 60.9 Å². The second-order valence-corrected chi connectivity index (χ2v) is 2.45. The molecule has 0 amide bonds. The molecule has 2 heteroatoms. The Kier molecular flexibility index (Phi) is 2.22. The van der Waals surface area contributed by atoms with E-state index >= 15 is 0 Å². The molecule has 1 aliphatic heterocycles. The molecule has 1 heterocycles. The zero-order valence-corrected chi connectivity index (χ0v) is 6.09. The molecule has 0 saturated carbocycles. The smallest absolute Gasteiger partial charge is 0.0770 e. The fourth-order valence-corrected chi connectivity index (χ4v) is 0.966. The maximum atomic E-state index is 8.34. The molecule has 0 spiro atoms. The lowest BCUT2D eigenvalue weighted by atomic mass is 10.1. The summed E-state index contributed by atoms with van der Waals surface area (Å²) < 4.78 is 0. The Morgan fingerprint density at radius 3 is 3.20 bits per heavy atom. The summed E-state index contributed by atoms with van der Waals surface area (Å²) in [5.41, 5.74) is 2.27. The first kappa shape index (κ1) is 7.01. The van der Waals surface area contributed by atoms with Gasteiger partial charge in [0.1, 0.15) is 0 Å². The van der Waals surface area contributed by atoms with Crippen molar-refractivity contribution in [2.24, 2.45) is 4.99 Å². The lowest BCUT2D eigenvalue weighted by Crippen LogP contribution is -2.01. The van der Waals surface area contributed by atoms with Crippen molar-refractivity contribution in [2.45, 2.75) is 19.8 Å². The van der Waals surface area contributed by atoms with Crippen LogP contribution in [0, 0.1) is 11.3 Å². The standard InChI is InChI=1S/C8H10N2/c1-7-3-5-10-8(6-7)2-4-9/h6H,2-3,5H2,1H3. The van der Waals surface area contributed by atoms with Gasteiger partial charge < -0.3 is 0 Å². The second kappa shape index (κ2) is 3.17. The maximum absolute atomic E-state index is 8.34. The van der Waals surface area contributed by atoms with Gasteiger partial charge in [-0.15, -0.1) is 0 Å². The van der Waals surface area contributed by atoms with Gasteiger partial charge in [-0.3, -0.25) is 4.99 Å². The first-order valence-electron chi connectivity index (χ1n) is 3.40. The normalized spacial score (nSPS) is 17.2. The quantitative estimate of drug-likeness (QED) is 0.537. The van der Waals surface area contributed by atoms with Gasteiger partial charge >= 0.3 is 0 Å². The fourth-order valence-electron chi connectivity index (χ4n) is 0.966. The summed E-state index contributed by atoms with van der Waals surface area (Å²) in [4.78, 5) is 4.19. The van der Waals surface area contributed by atoms with E-state index in [4.69, 9.17) is 5.26 Å². The molecule has 0 aromatic rings. The van der Waals surface area contributed by atoms with E-state index in [-0.39, 0.29) is 0 Å². The van der Waals surface area contributed by atoms with Crippen molar-refractivity contribution in [1.29, 1.82) is 5.26 Å². The topological polar surface area (TPSA) is 36.1 Å². The van der Waals surface area contributed by atoms with Crippen molar-refractivity contribution < 1.29 is 0 Å². The Morgan fingerprint density at radius 2 is 2.60 bits per heavy atom. The molecule has 1 aliphatic rings. The van der Waals surface area contributed by atoms with Crippen LogP contribution < -0.4 is 0 Å². The van der Waals surface area contributed by atoms with Gasteiger partial charge in [0.2, 0.25) is 0 Å². The van der Waals surface area contributed by atoms with Crippen LogP contribution in [0.2, 0.25) is 0 Å². The molecule has 0 unspecified atom stereocenters. The van der Waals surface area contributed by atoms with Crippen LogP contribution in [0.25, 0.3) is 0 Å². The highest BCUT2D eigenvalue weighted by Gasteiger charge is 2.01. The third-order valence-electron chi connectivity index (χ3n) is 1.49. The molecule has 0 bridgehead atoms. The molecule has 10 heavy (non-hydrogen) atoms. The van der Waals surface area contributed by atoms with Crippen molar-refractivity contribution in [2.75, 3.05) is 6.54 Å². The van der Waals surface area contributed by atoms with Gasteiger partial charge in [0.05, 0.1) is 12.5 Å². The first-order valence-corrected chi connectivity index (χ1v) is 3.40. The van der Waals surface area contributed by atoms with Crippen molar-refractivity contribution in [3.05, 3.63) is 11.6 Å². The molecule has 0 aliphatic carbocycles. The number of hydrogen-bond acceptors (Lipinski definition) is 2. The van der Waals surface area contributed by atoms with Crippen LogP contribution in [0.15, 0.2) is 16.6 Å². The van der Waals surface area contributed by atoms with Gasteiger partial charge in [0.25, 0.3) is 0 Å². The zero-order valence-electron chi connectivity index (χ0n) is 6.09. The third-order valence-corrected chi connectivity index (χ3v) is 1.49. The third kappa shape index (κ3) is 1.70. The van der Waals surface area contributed by atoms with Crippen LogP contribution in [0.4, 0.5) is 0 Å². The minimum atomic E-state index is 0.456. The van der Waals surface area contributed by atoms with Gasteiger partial charge in [-0.1, -0.05) is 5.57 Å².